The van der Waals surface area contributed by atoms with E-state index in [1.165, 1.54) is 0 Å². The first-order valence-electron chi connectivity index (χ1n) is 6.54. The van der Waals surface area contributed by atoms with Crippen molar-refractivity contribution in [2.45, 2.75) is 13.3 Å². The van der Waals surface area contributed by atoms with Crippen molar-refractivity contribution in [3.63, 3.8) is 0 Å². The van der Waals surface area contributed by atoms with Crippen molar-refractivity contribution in [2.24, 2.45) is 0 Å². The smallest absolute Gasteiger partial charge is 0.119 e. The van der Waals surface area contributed by atoms with Crippen molar-refractivity contribution in [3.8, 4) is 22.9 Å². The van der Waals surface area contributed by atoms with E-state index >= 15 is 0 Å². The molecule has 0 amide bonds. The second-order valence-corrected chi connectivity index (χ2v) is 4.93. The summed E-state index contributed by atoms with van der Waals surface area (Å²) in [6.07, 6.45) is 0.845. The van der Waals surface area contributed by atoms with Crippen LogP contribution in [0.2, 0.25) is 0 Å². The molecule has 0 aliphatic heterocycles. The zero-order chi connectivity index (χ0) is 14.4. The maximum atomic E-state index is 8.82. The lowest BCUT2D eigenvalue weighted by Crippen LogP contribution is -1.98. The fraction of sp³-hybridized carbons (Fsp3) is 0.235. The summed E-state index contributed by atoms with van der Waals surface area (Å²) in [4.78, 5) is 0. The highest BCUT2D eigenvalue weighted by Crippen LogP contribution is 2.27. The molecule has 0 saturated carbocycles. The number of benzene rings is 2. The van der Waals surface area contributed by atoms with Gasteiger partial charge in [-0.15, -0.1) is 11.6 Å². The van der Waals surface area contributed by atoms with Gasteiger partial charge in [-0.25, -0.2) is 0 Å². The average molecular weight is 286 g/mol. The lowest BCUT2D eigenvalue weighted by molar-refractivity contribution is 0.318. The number of hydrogen-bond donors (Lipinski definition) is 0. The fourth-order valence-corrected chi connectivity index (χ4v) is 2.13. The van der Waals surface area contributed by atoms with E-state index < -0.39 is 0 Å². The standard InChI is InChI=1S/C17H16ClNO/c1-13-11-16(20-10-2-9-18)7-8-17(13)15-5-3-14(12-19)4-6-15/h3-8,11H,2,9-10H2,1H3. The molecule has 2 nitrogen and oxygen atoms in total. The van der Waals surface area contributed by atoms with Crippen molar-refractivity contribution >= 4 is 11.6 Å². The van der Waals surface area contributed by atoms with Crippen LogP contribution >= 0.6 is 11.6 Å². The van der Waals surface area contributed by atoms with Crippen LogP contribution in [-0.2, 0) is 0 Å². The van der Waals surface area contributed by atoms with Gasteiger partial charge in [-0.2, -0.15) is 5.26 Å². The van der Waals surface area contributed by atoms with Gasteiger partial charge in [0.1, 0.15) is 5.75 Å². The molecule has 0 aromatic heterocycles. The largest absolute Gasteiger partial charge is 0.494 e. The number of nitriles is 1. The summed E-state index contributed by atoms with van der Waals surface area (Å²) in [6.45, 7) is 2.70. The number of halogens is 1. The van der Waals surface area contributed by atoms with Crippen molar-refractivity contribution in [2.75, 3.05) is 12.5 Å². The molecule has 0 aliphatic carbocycles. The van der Waals surface area contributed by atoms with Crippen LogP contribution in [0.3, 0.4) is 0 Å². The molecule has 0 atom stereocenters. The van der Waals surface area contributed by atoms with Gasteiger partial charge < -0.3 is 4.74 Å². The lowest BCUT2D eigenvalue weighted by atomic mass is 9.99. The maximum absolute atomic E-state index is 8.82. The van der Waals surface area contributed by atoms with E-state index in [2.05, 4.69) is 13.0 Å². The Morgan fingerprint density at radius 1 is 1.15 bits per heavy atom. The minimum Gasteiger partial charge on any atom is -0.494 e. The van der Waals surface area contributed by atoms with Crippen LogP contribution in [-0.4, -0.2) is 12.5 Å². The van der Waals surface area contributed by atoms with Crippen LogP contribution in [0.5, 0.6) is 5.75 Å². The highest BCUT2D eigenvalue weighted by Gasteiger charge is 2.04. The van der Waals surface area contributed by atoms with Gasteiger partial charge in [0, 0.05) is 5.88 Å². The average Bonchev–Trinajstić information content (AvgIpc) is 2.48. The third-order valence-corrected chi connectivity index (χ3v) is 3.34. The third kappa shape index (κ3) is 3.53. The second kappa shape index (κ2) is 6.98. The minimum absolute atomic E-state index is 0.613. The van der Waals surface area contributed by atoms with Crippen molar-refractivity contribution in [3.05, 3.63) is 53.6 Å². The SMILES string of the molecule is Cc1cc(OCCCCl)ccc1-c1ccc(C#N)cc1. The number of nitrogens with zero attached hydrogens (tertiary/aromatic N) is 1. The Labute approximate surface area is 124 Å². The second-order valence-electron chi connectivity index (χ2n) is 4.56. The normalized spacial score (nSPS) is 10.1. The number of alkyl halides is 1. The Hall–Kier alpha value is -1.98. The summed E-state index contributed by atoms with van der Waals surface area (Å²) < 4.78 is 5.63. The van der Waals surface area contributed by atoms with E-state index in [9.17, 15) is 0 Å². The quantitative estimate of drug-likeness (QED) is 0.597. The van der Waals surface area contributed by atoms with E-state index in [1.807, 2.05) is 42.5 Å². The van der Waals surface area contributed by atoms with Gasteiger partial charge in [0.05, 0.1) is 18.2 Å². The van der Waals surface area contributed by atoms with E-state index in [0.717, 1.165) is 28.9 Å². The van der Waals surface area contributed by atoms with Crippen LogP contribution in [0.4, 0.5) is 0 Å². The van der Waals surface area contributed by atoms with Crippen molar-refractivity contribution < 1.29 is 4.74 Å². The molecule has 2 aromatic rings. The van der Waals surface area contributed by atoms with Gasteiger partial charge in [0.15, 0.2) is 0 Å². The summed E-state index contributed by atoms with van der Waals surface area (Å²) in [6, 6.07) is 15.8. The molecule has 2 aromatic carbocycles. The molecule has 0 bridgehead atoms. The zero-order valence-corrected chi connectivity index (χ0v) is 12.2. The number of aryl methyl sites for hydroxylation is 1. The lowest BCUT2D eigenvalue weighted by Gasteiger charge is -2.10. The topological polar surface area (TPSA) is 33.0 Å². The van der Waals surface area contributed by atoms with E-state index in [4.69, 9.17) is 21.6 Å². The predicted octanol–water partition coefficient (Wildman–Crippen LogP) is 4.54. The first-order valence-corrected chi connectivity index (χ1v) is 7.08. The Bertz CT molecular complexity index is 614. The van der Waals surface area contributed by atoms with Crippen LogP contribution < -0.4 is 4.74 Å². The fourth-order valence-electron chi connectivity index (χ4n) is 2.02. The summed E-state index contributed by atoms with van der Waals surface area (Å²) in [5.74, 6) is 1.48. The molecule has 20 heavy (non-hydrogen) atoms. The molecule has 0 N–H and O–H groups in total. The summed E-state index contributed by atoms with van der Waals surface area (Å²) in [5.41, 5.74) is 4.08. The Morgan fingerprint density at radius 3 is 2.50 bits per heavy atom. The van der Waals surface area contributed by atoms with Crippen molar-refractivity contribution in [1.82, 2.24) is 0 Å². The Morgan fingerprint density at radius 2 is 1.90 bits per heavy atom. The van der Waals surface area contributed by atoms with Crippen LogP contribution in [0.15, 0.2) is 42.5 Å². The molecule has 0 saturated heterocycles. The van der Waals surface area contributed by atoms with Crippen LogP contribution in [0, 0.1) is 18.3 Å². The highest BCUT2D eigenvalue weighted by molar-refractivity contribution is 6.17. The first-order chi connectivity index (χ1) is 9.74. The predicted molar refractivity (Wildman–Crippen MR) is 82.2 cm³/mol. The summed E-state index contributed by atoms with van der Waals surface area (Å²) in [5, 5.41) is 8.82. The van der Waals surface area contributed by atoms with E-state index in [-0.39, 0.29) is 0 Å². The van der Waals surface area contributed by atoms with Crippen LogP contribution in [0.1, 0.15) is 17.5 Å². The summed E-state index contributed by atoms with van der Waals surface area (Å²) in [7, 11) is 0. The monoisotopic (exact) mass is 285 g/mol. The molecule has 0 heterocycles. The molecule has 102 valence electrons. The molecule has 3 heteroatoms. The minimum atomic E-state index is 0.613. The molecular formula is C17H16ClNO. The maximum Gasteiger partial charge on any atom is 0.119 e. The van der Waals surface area contributed by atoms with Crippen LogP contribution in [0.25, 0.3) is 11.1 Å². The molecule has 0 aliphatic rings. The zero-order valence-electron chi connectivity index (χ0n) is 11.4. The molecule has 0 radical (unpaired) electrons. The Kier molecular flexibility index (Phi) is 5.03. The first kappa shape index (κ1) is 14.4. The van der Waals surface area contributed by atoms with Gasteiger partial charge in [0.25, 0.3) is 0 Å². The Balaban J connectivity index is 2.18. The highest BCUT2D eigenvalue weighted by atomic mass is 35.5. The third-order valence-electron chi connectivity index (χ3n) is 3.07. The molecule has 0 spiro atoms. The van der Waals surface area contributed by atoms with E-state index in [0.29, 0.717) is 18.1 Å². The van der Waals surface area contributed by atoms with Crippen molar-refractivity contribution in [1.29, 1.82) is 5.26 Å². The molecule has 0 unspecified atom stereocenters. The van der Waals surface area contributed by atoms with Gasteiger partial charge in [0.2, 0.25) is 0 Å². The number of ether oxygens (including phenoxy) is 1. The number of hydrogen-bond acceptors (Lipinski definition) is 2. The molecular weight excluding hydrogens is 270 g/mol. The molecule has 2 rings (SSSR count). The number of rotatable bonds is 5. The van der Waals surface area contributed by atoms with Gasteiger partial charge in [-0.1, -0.05) is 18.2 Å². The van der Waals surface area contributed by atoms with Gasteiger partial charge >= 0.3 is 0 Å². The molecule has 0 fully saturated rings. The van der Waals surface area contributed by atoms with Gasteiger partial charge in [-0.3, -0.25) is 0 Å². The van der Waals surface area contributed by atoms with Gasteiger partial charge in [-0.05, 0) is 54.3 Å². The summed E-state index contributed by atoms with van der Waals surface area (Å²) >= 11 is 5.63. The van der Waals surface area contributed by atoms with E-state index in [1.54, 1.807) is 0 Å².